The molecule has 0 amide bonds. The first-order valence-electron chi connectivity index (χ1n) is 4.20. The van der Waals surface area contributed by atoms with Crippen LogP contribution in [-0.2, 0) is 4.74 Å². The molecule has 2 heterocycles. The van der Waals surface area contributed by atoms with E-state index >= 15 is 0 Å². The van der Waals surface area contributed by atoms with Crippen molar-refractivity contribution in [2.75, 3.05) is 6.61 Å². The van der Waals surface area contributed by atoms with Crippen LogP contribution in [0.25, 0.3) is 11.0 Å². The average Bonchev–Trinajstić information content (AvgIpc) is 2.61. The van der Waals surface area contributed by atoms with E-state index in [1.807, 2.05) is 0 Å². The Balaban J connectivity index is 2.47. The van der Waals surface area contributed by atoms with Crippen LogP contribution in [0.3, 0.4) is 0 Å². The second kappa shape index (κ2) is 3.45. The van der Waals surface area contributed by atoms with Crippen LogP contribution in [0.4, 0.5) is 0 Å². The maximum Gasteiger partial charge on any atom is 0.379 e. The number of hydrogen-bond donors (Lipinski definition) is 0. The normalized spacial score (nSPS) is 10.4. The molecule has 5 heteroatoms. The zero-order chi connectivity index (χ0) is 9.97. The van der Waals surface area contributed by atoms with Gasteiger partial charge in [0.15, 0.2) is 0 Å². The highest BCUT2D eigenvalue weighted by molar-refractivity contribution is 5.98. The molecule has 5 nitrogen and oxygen atoms in total. The highest BCUT2D eigenvalue weighted by Crippen LogP contribution is 2.15. The fourth-order valence-corrected chi connectivity index (χ4v) is 1.11. The maximum absolute atomic E-state index is 11.3. The molecule has 0 unspecified atom stereocenters. The van der Waals surface area contributed by atoms with E-state index in [0.29, 0.717) is 17.6 Å². The predicted octanol–water partition coefficient (Wildman–Crippen LogP) is 1.40. The largest absolute Gasteiger partial charge is 0.460 e. The van der Waals surface area contributed by atoms with Crippen LogP contribution in [0, 0.1) is 0 Å². The summed E-state index contributed by atoms with van der Waals surface area (Å²) in [5.41, 5.74) is 0.988. The van der Waals surface area contributed by atoms with Crippen molar-refractivity contribution >= 4 is 17.0 Å². The first-order valence-corrected chi connectivity index (χ1v) is 4.20. The Bertz CT molecular complexity index is 464. The van der Waals surface area contributed by atoms with Crippen LogP contribution in [0.5, 0.6) is 0 Å². The van der Waals surface area contributed by atoms with E-state index in [0.717, 1.165) is 0 Å². The number of carbonyl (C=O) groups excluding carboxylic acids is 1. The number of esters is 1. The summed E-state index contributed by atoms with van der Waals surface area (Å²) >= 11 is 0. The maximum atomic E-state index is 11.3. The standard InChI is InChI=1S/C9H8N2O3/c1-2-13-9(12)8-7-6(11-14-8)4-3-5-10-7/h3-5H,2H2,1H3. The van der Waals surface area contributed by atoms with Gasteiger partial charge in [-0.25, -0.2) is 4.79 Å². The third-order valence-corrected chi connectivity index (χ3v) is 1.70. The van der Waals surface area contributed by atoms with E-state index in [9.17, 15) is 4.79 Å². The minimum atomic E-state index is -0.534. The van der Waals surface area contributed by atoms with E-state index in [1.165, 1.54) is 0 Å². The number of pyridine rings is 1. The molecular formula is C9H8N2O3. The second-order valence-corrected chi connectivity index (χ2v) is 2.60. The van der Waals surface area contributed by atoms with Gasteiger partial charge in [-0.2, -0.15) is 0 Å². The molecule has 0 aliphatic heterocycles. The lowest BCUT2D eigenvalue weighted by Crippen LogP contribution is -2.03. The summed E-state index contributed by atoms with van der Waals surface area (Å²) in [5.74, 6) is -0.476. The van der Waals surface area contributed by atoms with Gasteiger partial charge < -0.3 is 9.26 Å². The Kier molecular flexibility index (Phi) is 2.14. The SMILES string of the molecule is CCOC(=O)c1onc2cccnc12. The zero-order valence-electron chi connectivity index (χ0n) is 7.56. The van der Waals surface area contributed by atoms with Crippen molar-refractivity contribution in [1.82, 2.24) is 10.1 Å². The van der Waals surface area contributed by atoms with Crippen LogP contribution in [0.2, 0.25) is 0 Å². The van der Waals surface area contributed by atoms with E-state index in [4.69, 9.17) is 9.26 Å². The molecule has 0 saturated carbocycles. The number of aromatic nitrogens is 2. The van der Waals surface area contributed by atoms with Crippen molar-refractivity contribution < 1.29 is 14.1 Å². The van der Waals surface area contributed by atoms with Crippen LogP contribution >= 0.6 is 0 Å². The lowest BCUT2D eigenvalue weighted by molar-refractivity contribution is 0.0482. The summed E-state index contributed by atoms with van der Waals surface area (Å²) in [6, 6.07) is 3.44. The Morgan fingerprint density at radius 3 is 3.29 bits per heavy atom. The fourth-order valence-electron chi connectivity index (χ4n) is 1.11. The first kappa shape index (κ1) is 8.68. The smallest absolute Gasteiger partial charge is 0.379 e. The van der Waals surface area contributed by atoms with Gasteiger partial charge in [0.2, 0.25) is 0 Å². The Morgan fingerprint density at radius 1 is 1.64 bits per heavy atom. The summed E-state index contributed by atoms with van der Waals surface area (Å²) in [6.07, 6.45) is 1.57. The molecular weight excluding hydrogens is 184 g/mol. The van der Waals surface area contributed by atoms with Gasteiger partial charge in [-0.1, -0.05) is 5.16 Å². The molecule has 72 valence electrons. The molecule has 0 spiro atoms. The lowest BCUT2D eigenvalue weighted by Gasteiger charge is -1.95. The predicted molar refractivity (Wildman–Crippen MR) is 47.8 cm³/mol. The number of ether oxygens (including phenoxy) is 1. The average molecular weight is 192 g/mol. The summed E-state index contributed by atoms with van der Waals surface area (Å²) in [7, 11) is 0. The van der Waals surface area contributed by atoms with Crippen molar-refractivity contribution in [3.05, 3.63) is 24.1 Å². The van der Waals surface area contributed by atoms with Gasteiger partial charge in [-0.15, -0.1) is 0 Å². The molecule has 2 rings (SSSR count). The second-order valence-electron chi connectivity index (χ2n) is 2.60. The summed E-state index contributed by atoms with van der Waals surface area (Å²) in [5, 5.41) is 3.68. The van der Waals surface area contributed by atoms with Gasteiger partial charge in [-0.05, 0) is 19.1 Å². The Hall–Kier alpha value is -1.91. The first-order chi connectivity index (χ1) is 6.83. The van der Waals surface area contributed by atoms with Gasteiger partial charge >= 0.3 is 5.97 Å². The van der Waals surface area contributed by atoms with E-state index in [1.54, 1.807) is 25.3 Å². The fraction of sp³-hybridized carbons (Fsp3) is 0.222. The van der Waals surface area contributed by atoms with Crippen molar-refractivity contribution in [1.29, 1.82) is 0 Å². The highest BCUT2D eigenvalue weighted by Gasteiger charge is 2.18. The molecule has 0 aliphatic rings. The number of nitrogens with zero attached hydrogens (tertiary/aromatic N) is 2. The molecule has 14 heavy (non-hydrogen) atoms. The van der Waals surface area contributed by atoms with Gasteiger partial charge in [0.05, 0.1) is 6.61 Å². The van der Waals surface area contributed by atoms with E-state index in [-0.39, 0.29) is 5.76 Å². The van der Waals surface area contributed by atoms with Crippen molar-refractivity contribution in [2.45, 2.75) is 6.92 Å². The summed E-state index contributed by atoms with van der Waals surface area (Å²) in [4.78, 5) is 15.3. The molecule has 0 aliphatic carbocycles. The van der Waals surface area contributed by atoms with Crippen molar-refractivity contribution in [2.24, 2.45) is 0 Å². The third kappa shape index (κ3) is 1.32. The van der Waals surface area contributed by atoms with Gasteiger partial charge in [0.1, 0.15) is 11.0 Å². The summed E-state index contributed by atoms with van der Waals surface area (Å²) < 4.78 is 9.62. The number of hydrogen-bond acceptors (Lipinski definition) is 5. The van der Waals surface area contributed by atoms with Crippen LogP contribution in [-0.4, -0.2) is 22.7 Å². The Morgan fingerprint density at radius 2 is 2.50 bits per heavy atom. The molecule has 0 saturated heterocycles. The van der Waals surface area contributed by atoms with Crippen molar-refractivity contribution in [3.8, 4) is 0 Å². The van der Waals surface area contributed by atoms with Crippen LogP contribution in [0.1, 0.15) is 17.5 Å². The monoisotopic (exact) mass is 192 g/mol. The molecule has 2 aromatic heterocycles. The minimum Gasteiger partial charge on any atom is -0.460 e. The topological polar surface area (TPSA) is 65.2 Å². The van der Waals surface area contributed by atoms with Gasteiger partial charge in [-0.3, -0.25) is 4.98 Å². The number of fused-ring (bicyclic) bond motifs is 1. The molecule has 0 fully saturated rings. The van der Waals surface area contributed by atoms with Gasteiger partial charge in [0.25, 0.3) is 5.76 Å². The Labute approximate surface area is 79.7 Å². The molecule has 0 N–H and O–H groups in total. The molecule has 2 aromatic rings. The number of carbonyl (C=O) groups is 1. The van der Waals surface area contributed by atoms with Gasteiger partial charge in [0, 0.05) is 6.20 Å². The van der Waals surface area contributed by atoms with E-state index < -0.39 is 5.97 Å². The molecule has 0 bridgehead atoms. The van der Waals surface area contributed by atoms with E-state index in [2.05, 4.69) is 10.1 Å². The van der Waals surface area contributed by atoms with Crippen LogP contribution < -0.4 is 0 Å². The van der Waals surface area contributed by atoms with Crippen molar-refractivity contribution in [3.63, 3.8) is 0 Å². The minimum absolute atomic E-state index is 0.0578. The quantitative estimate of drug-likeness (QED) is 0.673. The molecule has 0 aromatic carbocycles. The highest BCUT2D eigenvalue weighted by atomic mass is 16.6. The molecule has 0 radical (unpaired) electrons. The number of rotatable bonds is 2. The zero-order valence-corrected chi connectivity index (χ0v) is 7.56. The molecule has 0 atom stereocenters. The third-order valence-electron chi connectivity index (χ3n) is 1.70. The van der Waals surface area contributed by atoms with Crippen LogP contribution in [0.15, 0.2) is 22.9 Å². The lowest BCUT2D eigenvalue weighted by atomic mass is 10.3. The summed E-state index contributed by atoms with van der Waals surface area (Å²) in [6.45, 7) is 2.03.